The number of methoxy groups -OCH3 is 1. The van der Waals surface area contributed by atoms with Crippen molar-refractivity contribution < 1.29 is 18.7 Å². The van der Waals surface area contributed by atoms with Gasteiger partial charge in [0.25, 0.3) is 11.5 Å². The highest BCUT2D eigenvalue weighted by Gasteiger charge is 2.13. The summed E-state index contributed by atoms with van der Waals surface area (Å²) < 4.78 is 20.1. The van der Waals surface area contributed by atoms with Gasteiger partial charge in [-0.2, -0.15) is 0 Å². The van der Waals surface area contributed by atoms with E-state index >= 15 is 0 Å². The molecule has 0 radical (unpaired) electrons. The van der Waals surface area contributed by atoms with E-state index in [0.29, 0.717) is 28.0 Å². The van der Waals surface area contributed by atoms with Crippen LogP contribution in [0.5, 0.6) is 5.75 Å². The number of aryl methyl sites for hydroxylation is 1. The Kier molecular flexibility index (Phi) is 6.63. The van der Waals surface area contributed by atoms with Gasteiger partial charge < -0.3 is 15.4 Å². The van der Waals surface area contributed by atoms with Crippen molar-refractivity contribution >= 4 is 34.1 Å². The number of hydrogen-bond donors (Lipinski definition) is 2. The van der Waals surface area contributed by atoms with Crippen LogP contribution in [-0.2, 0) is 11.3 Å². The number of aromatic nitrogens is 2. The van der Waals surface area contributed by atoms with E-state index in [4.69, 9.17) is 4.74 Å². The molecule has 0 bridgehead atoms. The second-order valence-corrected chi connectivity index (χ2v) is 7.44. The Morgan fingerprint density at radius 1 is 1.03 bits per heavy atom. The Labute approximate surface area is 194 Å². The molecule has 9 heteroatoms. The molecule has 1 heterocycles. The number of hydrogen-bond acceptors (Lipinski definition) is 5. The van der Waals surface area contributed by atoms with Crippen molar-refractivity contribution in [2.75, 3.05) is 17.7 Å². The Hall–Kier alpha value is -4.53. The molecule has 0 saturated heterocycles. The van der Waals surface area contributed by atoms with Gasteiger partial charge in [0.15, 0.2) is 0 Å². The van der Waals surface area contributed by atoms with E-state index in [1.165, 1.54) is 42.3 Å². The number of halogens is 1. The van der Waals surface area contributed by atoms with Crippen molar-refractivity contribution in [3.05, 3.63) is 94.8 Å². The molecular weight excluding hydrogens is 439 g/mol. The molecule has 0 spiro atoms. The van der Waals surface area contributed by atoms with Crippen LogP contribution in [-0.4, -0.2) is 28.5 Å². The van der Waals surface area contributed by atoms with E-state index in [1.54, 1.807) is 36.4 Å². The van der Waals surface area contributed by atoms with Crippen LogP contribution in [0.15, 0.2) is 77.9 Å². The van der Waals surface area contributed by atoms with Gasteiger partial charge in [0, 0.05) is 24.2 Å². The topological polar surface area (TPSA) is 102 Å². The number of amides is 2. The summed E-state index contributed by atoms with van der Waals surface area (Å²) in [6, 6.07) is 17.1. The normalized spacial score (nSPS) is 10.6. The van der Waals surface area contributed by atoms with E-state index in [2.05, 4.69) is 15.6 Å². The first-order valence-corrected chi connectivity index (χ1v) is 10.4. The zero-order valence-corrected chi connectivity index (χ0v) is 18.2. The monoisotopic (exact) mass is 460 g/mol. The maximum Gasteiger partial charge on any atom is 0.261 e. The van der Waals surface area contributed by atoms with Crippen LogP contribution in [0.25, 0.3) is 10.9 Å². The number of fused-ring (bicyclic) bond motifs is 1. The number of nitrogens with one attached hydrogen (secondary N) is 2. The van der Waals surface area contributed by atoms with Gasteiger partial charge in [0.05, 0.1) is 30.0 Å². The van der Waals surface area contributed by atoms with Crippen LogP contribution in [0.4, 0.5) is 15.8 Å². The van der Waals surface area contributed by atoms with Crippen LogP contribution < -0.4 is 20.9 Å². The quantitative estimate of drug-likeness (QED) is 0.437. The van der Waals surface area contributed by atoms with Gasteiger partial charge in [-0.3, -0.25) is 19.0 Å². The summed E-state index contributed by atoms with van der Waals surface area (Å²) in [4.78, 5) is 41.8. The predicted molar refractivity (Wildman–Crippen MR) is 127 cm³/mol. The Bertz CT molecular complexity index is 1430. The number of para-hydroxylation sites is 1. The molecule has 4 aromatic rings. The first-order chi connectivity index (χ1) is 16.4. The zero-order valence-electron chi connectivity index (χ0n) is 18.2. The third-order valence-corrected chi connectivity index (χ3v) is 5.13. The molecule has 0 fully saturated rings. The fourth-order valence-corrected chi connectivity index (χ4v) is 3.42. The third kappa shape index (κ3) is 5.09. The van der Waals surface area contributed by atoms with Crippen molar-refractivity contribution in [2.24, 2.45) is 0 Å². The smallest absolute Gasteiger partial charge is 0.261 e. The lowest BCUT2D eigenvalue weighted by Crippen LogP contribution is -2.23. The lowest BCUT2D eigenvalue weighted by atomic mass is 10.2. The molecule has 4 rings (SSSR count). The molecule has 0 unspecified atom stereocenters. The number of nitrogens with zero attached hydrogens (tertiary/aromatic N) is 2. The molecule has 3 aromatic carbocycles. The number of anilines is 2. The van der Waals surface area contributed by atoms with Gasteiger partial charge >= 0.3 is 0 Å². The highest BCUT2D eigenvalue weighted by atomic mass is 19.1. The van der Waals surface area contributed by atoms with E-state index in [1.807, 2.05) is 0 Å². The molecule has 2 amide bonds. The number of carbonyl (C=O) groups is 2. The highest BCUT2D eigenvalue weighted by molar-refractivity contribution is 6.05. The third-order valence-electron chi connectivity index (χ3n) is 5.13. The van der Waals surface area contributed by atoms with E-state index in [-0.39, 0.29) is 30.0 Å². The van der Waals surface area contributed by atoms with E-state index in [0.717, 1.165) is 6.07 Å². The van der Waals surface area contributed by atoms with Crippen LogP contribution in [0.1, 0.15) is 16.8 Å². The first-order valence-electron chi connectivity index (χ1n) is 10.4. The van der Waals surface area contributed by atoms with E-state index < -0.39 is 11.7 Å². The molecule has 172 valence electrons. The second kappa shape index (κ2) is 9.95. The van der Waals surface area contributed by atoms with Crippen molar-refractivity contribution in [2.45, 2.75) is 13.0 Å². The predicted octanol–water partition coefficient (Wildman–Crippen LogP) is 3.83. The maximum absolute atomic E-state index is 13.4. The average molecular weight is 460 g/mol. The summed E-state index contributed by atoms with van der Waals surface area (Å²) in [5.74, 6) is -1.00. The summed E-state index contributed by atoms with van der Waals surface area (Å²) in [5.41, 5.74) is 1.25. The Morgan fingerprint density at radius 2 is 1.85 bits per heavy atom. The van der Waals surface area contributed by atoms with Gasteiger partial charge in [0.1, 0.15) is 11.6 Å². The molecule has 2 N–H and O–H groups in total. The average Bonchev–Trinajstić information content (AvgIpc) is 2.84. The lowest BCUT2D eigenvalue weighted by molar-refractivity contribution is -0.116. The molecule has 8 nitrogen and oxygen atoms in total. The lowest BCUT2D eigenvalue weighted by Gasteiger charge is -2.13. The summed E-state index contributed by atoms with van der Waals surface area (Å²) in [6.07, 6.45) is 1.46. The minimum atomic E-state index is -0.527. The van der Waals surface area contributed by atoms with Crippen molar-refractivity contribution in [1.82, 2.24) is 9.55 Å². The number of benzene rings is 3. The van der Waals surface area contributed by atoms with Gasteiger partial charge in [-0.25, -0.2) is 9.37 Å². The summed E-state index contributed by atoms with van der Waals surface area (Å²) >= 11 is 0. The fourth-order valence-electron chi connectivity index (χ4n) is 3.42. The molecule has 1 aromatic heterocycles. The second-order valence-electron chi connectivity index (χ2n) is 7.44. The van der Waals surface area contributed by atoms with Gasteiger partial charge in [-0.05, 0) is 48.5 Å². The first kappa shape index (κ1) is 22.7. The Balaban J connectivity index is 1.44. The summed E-state index contributed by atoms with van der Waals surface area (Å²) in [6.45, 7) is 0.155. The van der Waals surface area contributed by atoms with Gasteiger partial charge in [0.2, 0.25) is 5.91 Å². The van der Waals surface area contributed by atoms with Crippen LogP contribution in [0.2, 0.25) is 0 Å². The summed E-state index contributed by atoms with van der Waals surface area (Å²) in [5, 5.41) is 5.89. The van der Waals surface area contributed by atoms with Crippen molar-refractivity contribution in [3.8, 4) is 5.75 Å². The minimum absolute atomic E-state index is 0.0386. The molecular formula is C25H21FN4O4. The molecule has 34 heavy (non-hydrogen) atoms. The summed E-state index contributed by atoms with van der Waals surface area (Å²) in [7, 11) is 1.45. The number of rotatable bonds is 7. The maximum atomic E-state index is 13.4. The van der Waals surface area contributed by atoms with E-state index in [9.17, 15) is 18.8 Å². The number of carbonyl (C=O) groups excluding carboxylic acids is 2. The number of ether oxygens (including phenoxy) is 1. The largest absolute Gasteiger partial charge is 0.495 e. The molecule has 0 aliphatic rings. The standard InChI is InChI=1S/C25H21FN4O4/c1-34-22-10-9-18(14-21(22)29-24(32)16-5-4-6-17(26)13-16)28-23(31)11-12-30-15-27-20-8-3-2-7-19(20)25(30)33/h2-10,13-15H,11-12H2,1H3,(H,28,31)(H,29,32). The van der Waals surface area contributed by atoms with Crippen LogP contribution in [0, 0.1) is 5.82 Å². The molecule has 0 atom stereocenters. The molecule has 0 saturated carbocycles. The van der Waals surface area contributed by atoms with Gasteiger partial charge in [-0.15, -0.1) is 0 Å². The van der Waals surface area contributed by atoms with Crippen LogP contribution in [0.3, 0.4) is 0 Å². The van der Waals surface area contributed by atoms with Crippen molar-refractivity contribution in [3.63, 3.8) is 0 Å². The molecule has 0 aliphatic carbocycles. The van der Waals surface area contributed by atoms with Gasteiger partial charge in [-0.1, -0.05) is 18.2 Å². The minimum Gasteiger partial charge on any atom is -0.495 e. The van der Waals surface area contributed by atoms with Crippen molar-refractivity contribution in [1.29, 1.82) is 0 Å². The molecule has 0 aliphatic heterocycles. The highest BCUT2D eigenvalue weighted by Crippen LogP contribution is 2.28. The fraction of sp³-hybridized carbons (Fsp3) is 0.120. The zero-order chi connectivity index (χ0) is 24.1. The SMILES string of the molecule is COc1ccc(NC(=O)CCn2cnc3ccccc3c2=O)cc1NC(=O)c1cccc(F)c1. The van der Waals surface area contributed by atoms with Crippen LogP contribution >= 0.6 is 0 Å². The Morgan fingerprint density at radius 3 is 2.65 bits per heavy atom.